The quantitative estimate of drug-likeness (QED) is 0.700. The monoisotopic (exact) mass is 317 g/mol. The average Bonchev–Trinajstić information content (AvgIpc) is 2.37. The number of aliphatic hydroxyl groups is 1. The number of hydrogen-bond acceptors (Lipinski definition) is 3. The van der Waals surface area contributed by atoms with E-state index in [-0.39, 0.29) is 13.0 Å². The van der Waals surface area contributed by atoms with Gasteiger partial charge in [-0.2, -0.15) is 0 Å². The summed E-state index contributed by atoms with van der Waals surface area (Å²) in [5, 5.41) is 20.8. The van der Waals surface area contributed by atoms with Gasteiger partial charge in [-0.3, -0.25) is 4.79 Å². The van der Waals surface area contributed by atoms with Gasteiger partial charge in [0, 0.05) is 34.7 Å². The van der Waals surface area contributed by atoms with Crippen LogP contribution in [0.1, 0.15) is 12.0 Å². The summed E-state index contributed by atoms with van der Waals surface area (Å²) in [5.74, 6) is -1.75. The Hall–Kier alpha value is -1.56. The molecule has 1 aromatic rings. The smallest absolute Gasteiger partial charge is 0.332 e. The molecule has 0 saturated heterocycles. The van der Waals surface area contributed by atoms with E-state index in [2.05, 4.69) is 5.32 Å². The number of carbonyl (C=O) groups is 2. The molecule has 1 amide bonds. The van der Waals surface area contributed by atoms with E-state index in [0.717, 1.165) is 0 Å². The van der Waals surface area contributed by atoms with Crippen molar-refractivity contribution in [3.63, 3.8) is 0 Å². The fourth-order valence-electron chi connectivity index (χ4n) is 1.34. The Morgan fingerprint density at radius 3 is 2.45 bits per heavy atom. The molecule has 1 atom stereocenters. The Morgan fingerprint density at radius 1 is 1.30 bits per heavy atom. The highest BCUT2D eigenvalue weighted by atomic mass is 35.5. The molecule has 0 saturated carbocycles. The van der Waals surface area contributed by atoms with Gasteiger partial charge in [0.25, 0.3) is 0 Å². The zero-order valence-corrected chi connectivity index (χ0v) is 11.9. The molecular weight excluding hydrogens is 305 g/mol. The maximum Gasteiger partial charge on any atom is 0.332 e. The summed E-state index contributed by atoms with van der Waals surface area (Å²) in [6.07, 6.45) is 1.15. The molecule has 0 radical (unpaired) electrons. The zero-order valence-electron chi connectivity index (χ0n) is 10.3. The number of hydrogen-bond donors (Lipinski definition) is 3. The fraction of sp³-hybridized carbons (Fsp3) is 0.231. The molecule has 0 heterocycles. The summed E-state index contributed by atoms with van der Waals surface area (Å²) in [7, 11) is 0. The molecule has 0 unspecified atom stereocenters. The first kappa shape index (κ1) is 16.5. The van der Waals surface area contributed by atoms with Crippen LogP contribution in [0.3, 0.4) is 0 Å². The Kier molecular flexibility index (Phi) is 6.51. The highest BCUT2D eigenvalue weighted by molar-refractivity contribution is 6.37. The minimum Gasteiger partial charge on any atom is -0.479 e. The number of nitrogens with one attached hydrogen (secondary N) is 1. The van der Waals surface area contributed by atoms with Crippen LogP contribution in [0.2, 0.25) is 10.0 Å². The molecule has 0 aliphatic rings. The van der Waals surface area contributed by atoms with Crippen LogP contribution in [0.15, 0.2) is 24.3 Å². The second-order valence-electron chi connectivity index (χ2n) is 3.90. The second-order valence-corrected chi connectivity index (χ2v) is 4.72. The molecule has 20 heavy (non-hydrogen) atoms. The Balaban J connectivity index is 2.50. The van der Waals surface area contributed by atoms with Crippen molar-refractivity contribution in [2.45, 2.75) is 12.5 Å². The third-order valence-electron chi connectivity index (χ3n) is 2.40. The van der Waals surface area contributed by atoms with Crippen molar-refractivity contribution in [3.05, 3.63) is 39.9 Å². The maximum absolute atomic E-state index is 11.5. The number of carbonyl (C=O) groups excluding carboxylic acids is 1. The number of rotatable bonds is 6. The molecule has 0 fully saturated rings. The topological polar surface area (TPSA) is 86.6 Å². The Labute approximate surface area is 125 Å². The molecule has 108 valence electrons. The largest absolute Gasteiger partial charge is 0.479 e. The van der Waals surface area contributed by atoms with Gasteiger partial charge in [0.15, 0.2) is 6.10 Å². The van der Waals surface area contributed by atoms with Crippen LogP contribution in [0.4, 0.5) is 0 Å². The van der Waals surface area contributed by atoms with Crippen molar-refractivity contribution < 1.29 is 19.8 Å². The molecule has 5 nitrogen and oxygen atoms in total. The van der Waals surface area contributed by atoms with Crippen molar-refractivity contribution in [1.82, 2.24) is 5.32 Å². The highest BCUT2D eigenvalue weighted by Gasteiger charge is 2.12. The van der Waals surface area contributed by atoms with Gasteiger partial charge in [-0.1, -0.05) is 29.3 Å². The van der Waals surface area contributed by atoms with Crippen molar-refractivity contribution in [2.24, 2.45) is 0 Å². The molecule has 1 rings (SSSR count). The first-order valence-electron chi connectivity index (χ1n) is 5.72. The van der Waals surface area contributed by atoms with Gasteiger partial charge in [0.05, 0.1) is 0 Å². The van der Waals surface area contributed by atoms with Crippen LogP contribution >= 0.6 is 23.2 Å². The second kappa shape index (κ2) is 7.89. The zero-order chi connectivity index (χ0) is 15.1. The summed E-state index contributed by atoms with van der Waals surface area (Å²) in [6.45, 7) is 0.0485. The normalized spacial score (nSPS) is 12.3. The van der Waals surface area contributed by atoms with Crippen LogP contribution in [0.25, 0.3) is 6.08 Å². The Bertz CT molecular complexity index is 511. The van der Waals surface area contributed by atoms with Gasteiger partial charge in [0.2, 0.25) is 5.91 Å². The third-order valence-corrected chi connectivity index (χ3v) is 3.06. The lowest BCUT2D eigenvalue weighted by molar-refractivity contribution is -0.147. The first-order valence-corrected chi connectivity index (χ1v) is 6.48. The fourth-order valence-corrected chi connectivity index (χ4v) is 1.87. The molecule has 0 bridgehead atoms. The SMILES string of the molecule is O=C(/C=C/c1c(Cl)cccc1Cl)NCC[C@H](O)C(=O)O. The van der Waals surface area contributed by atoms with Crippen molar-refractivity contribution >= 4 is 41.2 Å². The van der Waals surface area contributed by atoms with E-state index in [0.29, 0.717) is 15.6 Å². The van der Waals surface area contributed by atoms with Gasteiger partial charge in [0.1, 0.15) is 0 Å². The number of halogens is 2. The molecule has 3 N–H and O–H groups in total. The van der Waals surface area contributed by atoms with Crippen molar-refractivity contribution in [2.75, 3.05) is 6.54 Å². The lowest BCUT2D eigenvalue weighted by Crippen LogP contribution is -2.28. The minimum absolute atomic E-state index is 0.0485. The van der Waals surface area contributed by atoms with Gasteiger partial charge < -0.3 is 15.5 Å². The molecule has 7 heteroatoms. The Morgan fingerprint density at radius 2 is 1.90 bits per heavy atom. The number of carboxylic acids is 1. The first-order chi connectivity index (χ1) is 9.41. The van der Waals surface area contributed by atoms with Crippen LogP contribution < -0.4 is 5.32 Å². The van der Waals surface area contributed by atoms with Gasteiger partial charge >= 0.3 is 5.97 Å². The summed E-state index contributed by atoms with van der Waals surface area (Å²) >= 11 is 11.9. The van der Waals surface area contributed by atoms with Gasteiger partial charge in [-0.25, -0.2) is 4.79 Å². The van der Waals surface area contributed by atoms with Crippen molar-refractivity contribution in [1.29, 1.82) is 0 Å². The predicted molar refractivity (Wildman–Crippen MR) is 76.8 cm³/mol. The van der Waals surface area contributed by atoms with E-state index in [4.69, 9.17) is 33.4 Å². The lowest BCUT2D eigenvalue weighted by atomic mass is 10.2. The highest BCUT2D eigenvalue weighted by Crippen LogP contribution is 2.25. The molecule has 0 aliphatic heterocycles. The maximum atomic E-state index is 11.5. The third kappa shape index (κ3) is 5.21. The summed E-state index contributed by atoms with van der Waals surface area (Å²) in [4.78, 5) is 21.8. The van der Waals surface area contributed by atoms with Crippen LogP contribution in [0.5, 0.6) is 0 Å². The van der Waals surface area contributed by atoms with Gasteiger partial charge in [-0.05, 0) is 18.2 Å². The standard InChI is InChI=1S/C13H13Cl2NO4/c14-9-2-1-3-10(15)8(9)4-5-12(18)16-7-6-11(17)13(19)20/h1-5,11,17H,6-7H2,(H,16,18)(H,19,20)/b5-4+/t11-/m0/s1. The minimum atomic E-state index is -1.49. The van der Waals surface area contributed by atoms with E-state index < -0.39 is 18.0 Å². The van der Waals surface area contributed by atoms with Crippen molar-refractivity contribution in [3.8, 4) is 0 Å². The van der Waals surface area contributed by atoms with E-state index in [1.807, 2.05) is 0 Å². The molecule has 0 aliphatic carbocycles. The van der Waals surface area contributed by atoms with Crippen LogP contribution in [0, 0.1) is 0 Å². The number of benzene rings is 1. The number of amides is 1. The van der Waals surface area contributed by atoms with E-state index in [1.165, 1.54) is 12.2 Å². The average molecular weight is 318 g/mol. The molecular formula is C13H13Cl2NO4. The molecule has 0 spiro atoms. The molecule has 0 aromatic heterocycles. The lowest BCUT2D eigenvalue weighted by Gasteiger charge is -2.05. The number of aliphatic hydroxyl groups excluding tert-OH is 1. The molecule has 1 aromatic carbocycles. The predicted octanol–water partition coefficient (Wildman–Crippen LogP) is 1.96. The summed E-state index contributed by atoms with van der Waals surface area (Å²) in [5.41, 5.74) is 0.525. The van der Waals surface area contributed by atoms with Gasteiger partial charge in [-0.15, -0.1) is 0 Å². The summed E-state index contributed by atoms with van der Waals surface area (Å²) < 4.78 is 0. The number of carboxylic acid groups (broad SMARTS) is 1. The summed E-state index contributed by atoms with van der Waals surface area (Å²) in [6, 6.07) is 4.98. The van der Waals surface area contributed by atoms with Crippen LogP contribution in [-0.4, -0.2) is 34.7 Å². The van der Waals surface area contributed by atoms with E-state index >= 15 is 0 Å². The van der Waals surface area contributed by atoms with E-state index in [9.17, 15) is 9.59 Å². The number of aliphatic carboxylic acids is 1. The van der Waals surface area contributed by atoms with E-state index in [1.54, 1.807) is 18.2 Å². The van der Waals surface area contributed by atoms with Crippen LogP contribution in [-0.2, 0) is 9.59 Å².